The highest BCUT2D eigenvalue weighted by atomic mass is 16.5. The van der Waals surface area contributed by atoms with E-state index in [0.29, 0.717) is 42.6 Å². The zero-order chi connectivity index (χ0) is 57.8. The fraction of sp³-hybridized carbons (Fsp3) is 0.887. The van der Waals surface area contributed by atoms with Crippen molar-refractivity contribution in [2.75, 3.05) is 39.5 Å². The van der Waals surface area contributed by atoms with Gasteiger partial charge in [-0.05, 0) is 63.0 Å². The SMILES string of the molecule is CCCCCCCCCCCCCCCCCCOc1cc(CC(CC(=O)O)C(=O)O)cc(OCCCCCCCCCCCCCCCCCC)c1OCCCCCCCCCCCCCCCCCC.CCN(CC)CC. The van der Waals surface area contributed by atoms with E-state index in [1.54, 1.807) is 0 Å². The van der Waals surface area contributed by atoms with Crippen LogP contribution in [0.15, 0.2) is 12.1 Å². The summed E-state index contributed by atoms with van der Waals surface area (Å²) in [6.07, 6.45) is 62.8. The summed E-state index contributed by atoms with van der Waals surface area (Å²) in [6.45, 7) is 18.6. The first-order valence-electron chi connectivity index (χ1n) is 35.0. The summed E-state index contributed by atoms with van der Waals surface area (Å²) < 4.78 is 19.6. The van der Waals surface area contributed by atoms with Gasteiger partial charge >= 0.3 is 11.9 Å². The summed E-state index contributed by atoms with van der Waals surface area (Å²) in [7, 11) is 0. The molecule has 0 spiro atoms. The van der Waals surface area contributed by atoms with Gasteiger partial charge in [0.2, 0.25) is 5.75 Å². The molecule has 0 aliphatic rings. The number of unbranched alkanes of at least 4 members (excludes halogenated alkanes) is 45. The number of benzene rings is 1. The third-order valence-corrected chi connectivity index (χ3v) is 16.4. The number of nitrogens with zero attached hydrogens (tertiary/aromatic N) is 1. The lowest BCUT2D eigenvalue weighted by Gasteiger charge is -2.20. The third kappa shape index (κ3) is 52.1. The highest BCUT2D eigenvalue weighted by molar-refractivity contribution is 5.78. The van der Waals surface area contributed by atoms with Crippen molar-refractivity contribution in [2.45, 2.75) is 363 Å². The van der Waals surface area contributed by atoms with Gasteiger partial charge in [0.25, 0.3) is 0 Å². The van der Waals surface area contributed by atoms with Gasteiger partial charge in [-0.1, -0.05) is 330 Å². The van der Waals surface area contributed by atoms with Crippen LogP contribution in [0.5, 0.6) is 17.2 Å². The Bertz CT molecular complexity index is 1350. The molecule has 0 radical (unpaired) electrons. The molecule has 1 rings (SSSR count). The maximum Gasteiger partial charge on any atom is 0.307 e. The molecule has 1 aromatic carbocycles. The van der Waals surface area contributed by atoms with Crippen LogP contribution in [0.4, 0.5) is 0 Å². The van der Waals surface area contributed by atoms with Crippen molar-refractivity contribution < 1.29 is 34.0 Å². The molecule has 0 aliphatic heterocycles. The molecule has 2 N–H and O–H groups in total. The molecule has 8 heteroatoms. The second-order valence-electron chi connectivity index (χ2n) is 23.8. The molecule has 1 unspecified atom stereocenters. The minimum absolute atomic E-state index is 0.0891. The van der Waals surface area contributed by atoms with Crippen LogP contribution in [0.3, 0.4) is 0 Å². The summed E-state index contributed by atoms with van der Waals surface area (Å²) in [5.74, 6) is -1.47. The van der Waals surface area contributed by atoms with Crippen LogP contribution in [0.2, 0.25) is 0 Å². The first-order valence-corrected chi connectivity index (χ1v) is 35.0. The monoisotopic (exact) mass is 1110 g/mol. The number of carboxylic acids is 2. The normalized spacial score (nSPS) is 11.7. The van der Waals surface area contributed by atoms with E-state index in [4.69, 9.17) is 14.2 Å². The van der Waals surface area contributed by atoms with E-state index in [1.807, 2.05) is 12.1 Å². The lowest BCUT2D eigenvalue weighted by atomic mass is 9.96. The van der Waals surface area contributed by atoms with Crippen LogP contribution in [0.1, 0.15) is 362 Å². The Morgan fingerprint density at radius 3 is 0.785 bits per heavy atom. The summed E-state index contributed by atoms with van der Waals surface area (Å²) in [4.78, 5) is 26.2. The number of ether oxygens (including phenoxy) is 3. The van der Waals surface area contributed by atoms with E-state index < -0.39 is 24.3 Å². The first kappa shape index (κ1) is 76.5. The predicted octanol–water partition coefficient (Wildman–Crippen LogP) is 22.7. The highest BCUT2D eigenvalue weighted by Crippen LogP contribution is 2.40. The van der Waals surface area contributed by atoms with Gasteiger partial charge < -0.3 is 29.3 Å². The fourth-order valence-electron chi connectivity index (χ4n) is 11.0. The Kier molecular flexibility index (Phi) is 59.7. The zero-order valence-corrected chi connectivity index (χ0v) is 53.7. The molecule has 0 saturated heterocycles. The van der Waals surface area contributed by atoms with Crippen molar-refractivity contribution >= 4 is 11.9 Å². The Hall–Kier alpha value is -2.48. The third-order valence-electron chi connectivity index (χ3n) is 16.4. The molecule has 0 amide bonds. The molecule has 79 heavy (non-hydrogen) atoms. The van der Waals surface area contributed by atoms with Crippen LogP contribution < -0.4 is 14.2 Å². The van der Waals surface area contributed by atoms with E-state index in [-0.39, 0.29) is 6.42 Å². The Morgan fingerprint density at radius 2 is 0.582 bits per heavy atom. The summed E-state index contributed by atoms with van der Waals surface area (Å²) >= 11 is 0. The predicted molar refractivity (Wildman–Crippen MR) is 342 cm³/mol. The fourth-order valence-corrected chi connectivity index (χ4v) is 11.0. The van der Waals surface area contributed by atoms with Crippen molar-refractivity contribution in [3.8, 4) is 17.2 Å². The summed E-state index contributed by atoms with van der Waals surface area (Å²) in [6, 6.07) is 3.77. The van der Waals surface area contributed by atoms with Gasteiger partial charge in [-0.15, -0.1) is 0 Å². The molecular weight excluding hydrogens is 979 g/mol. The lowest BCUT2D eigenvalue weighted by molar-refractivity contribution is -0.148. The van der Waals surface area contributed by atoms with Crippen molar-refractivity contribution in [1.82, 2.24) is 4.90 Å². The van der Waals surface area contributed by atoms with Crippen molar-refractivity contribution in [3.63, 3.8) is 0 Å². The summed E-state index contributed by atoms with van der Waals surface area (Å²) in [5.41, 5.74) is 0.711. The smallest absolute Gasteiger partial charge is 0.307 e. The van der Waals surface area contributed by atoms with Crippen LogP contribution in [0, 0.1) is 5.92 Å². The largest absolute Gasteiger partial charge is 0.490 e. The number of carboxylic acid groups (broad SMARTS) is 2. The average molecular weight is 1110 g/mol. The molecule has 466 valence electrons. The first-order chi connectivity index (χ1) is 38.8. The Balaban J connectivity index is 0.00000809. The molecule has 0 aliphatic carbocycles. The van der Waals surface area contributed by atoms with Gasteiger partial charge in [0.15, 0.2) is 11.5 Å². The second kappa shape index (κ2) is 61.6. The molecule has 0 fully saturated rings. The summed E-state index contributed by atoms with van der Waals surface area (Å²) in [5, 5.41) is 19.5. The van der Waals surface area contributed by atoms with E-state index in [1.165, 1.54) is 289 Å². The number of hydrogen-bond donors (Lipinski definition) is 2. The minimum atomic E-state index is -1.11. The maximum atomic E-state index is 12.2. The maximum absolute atomic E-state index is 12.2. The molecule has 1 aromatic rings. The van der Waals surface area contributed by atoms with Crippen molar-refractivity contribution in [3.05, 3.63) is 17.7 Å². The van der Waals surface area contributed by atoms with Gasteiger partial charge in [-0.2, -0.15) is 0 Å². The average Bonchev–Trinajstić information content (AvgIpc) is 3.45. The van der Waals surface area contributed by atoms with Gasteiger partial charge in [0.05, 0.1) is 32.2 Å². The molecule has 0 heterocycles. The molecule has 0 aromatic heterocycles. The highest BCUT2D eigenvalue weighted by Gasteiger charge is 2.24. The number of rotatable bonds is 62. The molecule has 0 saturated carbocycles. The van der Waals surface area contributed by atoms with Crippen LogP contribution in [-0.2, 0) is 16.0 Å². The number of carbonyl (C=O) groups is 2. The van der Waals surface area contributed by atoms with Crippen LogP contribution in [0.25, 0.3) is 0 Å². The lowest BCUT2D eigenvalue weighted by Crippen LogP contribution is -2.21. The zero-order valence-electron chi connectivity index (χ0n) is 53.7. The number of hydrogen-bond acceptors (Lipinski definition) is 6. The van der Waals surface area contributed by atoms with Crippen molar-refractivity contribution in [1.29, 1.82) is 0 Å². The van der Waals surface area contributed by atoms with Gasteiger partial charge in [0, 0.05) is 0 Å². The van der Waals surface area contributed by atoms with Gasteiger partial charge in [0.1, 0.15) is 0 Å². The second-order valence-corrected chi connectivity index (χ2v) is 23.8. The quantitative estimate of drug-likeness (QED) is 0.0622. The molecule has 8 nitrogen and oxygen atoms in total. The van der Waals surface area contributed by atoms with E-state index in [0.717, 1.165) is 38.5 Å². The Labute approximate surface area is 491 Å². The molecular formula is C71H135NO7. The van der Waals surface area contributed by atoms with Crippen LogP contribution in [-0.4, -0.2) is 66.5 Å². The van der Waals surface area contributed by atoms with E-state index >= 15 is 0 Å². The van der Waals surface area contributed by atoms with Crippen molar-refractivity contribution in [2.24, 2.45) is 5.92 Å². The molecule has 1 atom stereocenters. The topological polar surface area (TPSA) is 106 Å². The van der Waals surface area contributed by atoms with E-state index in [2.05, 4.69) is 46.4 Å². The Morgan fingerprint density at radius 1 is 0.354 bits per heavy atom. The number of aliphatic carboxylic acids is 2. The van der Waals surface area contributed by atoms with E-state index in [9.17, 15) is 19.8 Å². The van der Waals surface area contributed by atoms with Crippen LogP contribution >= 0.6 is 0 Å². The van der Waals surface area contributed by atoms with Gasteiger partial charge in [-0.3, -0.25) is 9.59 Å². The minimum Gasteiger partial charge on any atom is -0.490 e. The standard InChI is InChI=1S/C65H120O7.C6H15N/c1-4-7-10-13-16-19-22-25-28-31-34-37-40-43-46-49-52-70-61-56-59(55-60(65(68)69)58-63(66)67)57-62(71-53-50-47-44-41-38-35-32-29-26-23-20-17-14-11-8-5-2)64(61)72-54-51-48-45-42-39-36-33-30-27-24-21-18-15-12-9-6-3;1-4-7(5-2)6-3/h56-57,60H,4-55,58H2,1-3H3,(H,66,67)(H,68,69);4-6H2,1-3H3. The molecule has 0 bridgehead atoms. The van der Waals surface area contributed by atoms with Gasteiger partial charge in [-0.25, -0.2) is 0 Å².